The Bertz CT molecular complexity index is 554. The van der Waals surface area contributed by atoms with Gasteiger partial charge < -0.3 is 19.5 Å². The molecule has 0 saturated carbocycles. The monoisotopic (exact) mass is 322 g/mol. The standard InChI is InChI=1S/C15H22N4O4/c1-2-23-13-9-12(16-11-17-13)18-4-6-19(7-5-18)15(14(20)21)3-8-22-10-15/h9,11H,2-8,10H2,1H3,(H,20,21). The van der Waals surface area contributed by atoms with Gasteiger partial charge in [0.15, 0.2) is 0 Å². The van der Waals surface area contributed by atoms with Crippen molar-refractivity contribution in [2.24, 2.45) is 0 Å². The molecule has 2 saturated heterocycles. The van der Waals surface area contributed by atoms with Crippen molar-refractivity contribution in [3.8, 4) is 5.88 Å². The number of piperazine rings is 1. The van der Waals surface area contributed by atoms with E-state index < -0.39 is 11.5 Å². The van der Waals surface area contributed by atoms with E-state index in [9.17, 15) is 9.90 Å². The van der Waals surface area contributed by atoms with Gasteiger partial charge in [-0.05, 0) is 6.92 Å². The molecule has 1 aromatic rings. The van der Waals surface area contributed by atoms with Gasteiger partial charge in [-0.15, -0.1) is 0 Å². The molecule has 2 aliphatic heterocycles. The summed E-state index contributed by atoms with van der Waals surface area (Å²) in [6.45, 7) is 6.03. The fourth-order valence-corrected chi connectivity index (χ4v) is 3.20. The van der Waals surface area contributed by atoms with E-state index in [-0.39, 0.29) is 6.61 Å². The third-order valence-electron chi connectivity index (χ3n) is 4.53. The molecule has 3 heterocycles. The molecule has 0 radical (unpaired) electrons. The Labute approximate surface area is 135 Å². The molecular weight excluding hydrogens is 300 g/mol. The lowest BCUT2D eigenvalue weighted by Crippen LogP contribution is -2.61. The third-order valence-corrected chi connectivity index (χ3v) is 4.53. The van der Waals surface area contributed by atoms with E-state index >= 15 is 0 Å². The maximum absolute atomic E-state index is 11.7. The van der Waals surface area contributed by atoms with Crippen molar-refractivity contribution < 1.29 is 19.4 Å². The molecular formula is C15H22N4O4. The van der Waals surface area contributed by atoms with Gasteiger partial charge in [0.05, 0.1) is 13.2 Å². The summed E-state index contributed by atoms with van der Waals surface area (Å²) in [5.74, 6) is 0.588. The molecule has 0 amide bonds. The first-order valence-corrected chi connectivity index (χ1v) is 7.92. The zero-order chi connectivity index (χ0) is 16.3. The second-order valence-electron chi connectivity index (χ2n) is 5.76. The molecule has 0 bridgehead atoms. The molecule has 8 heteroatoms. The van der Waals surface area contributed by atoms with E-state index in [0.717, 1.165) is 18.9 Å². The minimum absolute atomic E-state index is 0.268. The normalized spacial score (nSPS) is 25.5. The summed E-state index contributed by atoms with van der Waals surface area (Å²) in [5, 5.41) is 9.62. The molecule has 2 aliphatic rings. The SMILES string of the molecule is CCOc1cc(N2CCN(C3(C(=O)O)CCOC3)CC2)ncn1. The molecule has 0 aliphatic carbocycles. The predicted octanol–water partition coefficient (Wildman–Crippen LogP) is 0.241. The van der Waals surface area contributed by atoms with E-state index in [0.29, 0.717) is 38.6 Å². The molecule has 1 N–H and O–H groups in total. The van der Waals surface area contributed by atoms with Gasteiger partial charge in [0.25, 0.3) is 0 Å². The van der Waals surface area contributed by atoms with Crippen LogP contribution in [0, 0.1) is 0 Å². The van der Waals surface area contributed by atoms with Crippen LogP contribution in [-0.2, 0) is 9.53 Å². The number of hydrogen-bond acceptors (Lipinski definition) is 7. The highest BCUT2D eigenvalue weighted by atomic mass is 16.5. The first-order valence-electron chi connectivity index (χ1n) is 7.92. The predicted molar refractivity (Wildman–Crippen MR) is 82.8 cm³/mol. The Morgan fingerprint density at radius 2 is 2.17 bits per heavy atom. The Balaban J connectivity index is 1.66. The minimum atomic E-state index is -0.867. The smallest absolute Gasteiger partial charge is 0.326 e. The summed E-state index contributed by atoms with van der Waals surface area (Å²) in [7, 11) is 0. The highest BCUT2D eigenvalue weighted by Crippen LogP contribution is 2.29. The van der Waals surface area contributed by atoms with E-state index in [4.69, 9.17) is 9.47 Å². The molecule has 1 unspecified atom stereocenters. The summed E-state index contributed by atoms with van der Waals surface area (Å²) >= 11 is 0. The lowest BCUT2D eigenvalue weighted by atomic mass is 9.95. The van der Waals surface area contributed by atoms with Gasteiger partial charge in [-0.3, -0.25) is 9.69 Å². The average Bonchev–Trinajstić information content (AvgIpc) is 3.07. The van der Waals surface area contributed by atoms with Crippen molar-refractivity contribution in [1.82, 2.24) is 14.9 Å². The van der Waals surface area contributed by atoms with Crippen LogP contribution in [0.3, 0.4) is 0 Å². The lowest BCUT2D eigenvalue weighted by molar-refractivity contribution is -0.152. The van der Waals surface area contributed by atoms with E-state index in [2.05, 4.69) is 14.9 Å². The second-order valence-corrected chi connectivity index (χ2v) is 5.76. The van der Waals surface area contributed by atoms with Crippen molar-refractivity contribution in [3.63, 3.8) is 0 Å². The zero-order valence-electron chi connectivity index (χ0n) is 13.3. The van der Waals surface area contributed by atoms with Crippen LogP contribution >= 0.6 is 0 Å². The molecule has 23 heavy (non-hydrogen) atoms. The number of nitrogens with zero attached hydrogens (tertiary/aromatic N) is 4. The number of rotatable bonds is 5. The van der Waals surface area contributed by atoms with Crippen LogP contribution in [0.1, 0.15) is 13.3 Å². The van der Waals surface area contributed by atoms with E-state index in [1.807, 2.05) is 17.9 Å². The fourth-order valence-electron chi connectivity index (χ4n) is 3.20. The number of carboxylic acids is 1. The highest BCUT2D eigenvalue weighted by Gasteiger charge is 2.48. The lowest BCUT2D eigenvalue weighted by Gasteiger charge is -2.42. The van der Waals surface area contributed by atoms with Crippen molar-refractivity contribution in [1.29, 1.82) is 0 Å². The van der Waals surface area contributed by atoms with Crippen LogP contribution in [0.4, 0.5) is 5.82 Å². The Morgan fingerprint density at radius 3 is 2.78 bits per heavy atom. The number of carbonyl (C=O) groups is 1. The molecule has 8 nitrogen and oxygen atoms in total. The quantitative estimate of drug-likeness (QED) is 0.825. The van der Waals surface area contributed by atoms with Crippen molar-refractivity contribution in [3.05, 3.63) is 12.4 Å². The van der Waals surface area contributed by atoms with Crippen molar-refractivity contribution in [2.45, 2.75) is 18.9 Å². The van der Waals surface area contributed by atoms with Gasteiger partial charge >= 0.3 is 5.97 Å². The summed E-state index contributed by atoms with van der Waals surface area (Å²) in [6, 6.07) is 1.82. The molecule has 0 aromatic carbocycles. The number of aliphatic carboxylic acids is 1. The zero-order valence-corrected chi connectivity index (χ0v) is 13.3. The van der Waals surface area contributed by atoms with Crippen LogP contribution in [0.2, 0.25) is 0 Å². The first-order chi connectivity index (χ1) is 11.2. The Morgan fingerprint density at radius 1 is 1.39 bits per heavy atom. The minimum Gasteiger partial charge on any atom is -0.480 e. The maximum atomic E-state index is 11.7. The molecule has 3 rings (SSSR count). The maximum Gasteiger partial charge on any atom is 0.326 e. The molecule has 1 aromatic heterocycles. The third kappa shape index (κ3) is 3.09. The largest absolute Gasteiger partial charge is 0.480 e. The van der Waals surface area contributed by atoms with Gasteiger partial charge in [-0.2, -0.15) is 0 Å². The van der Waals surface area contributed by atoms with Crippen LogP contribution in [0.25, 0.3) is 0 Å². The van der Waals surface area contributed by atoms with Gasteiger partial charge in [0, 0.05) is 45.3 Å². The van der Waals surface area contributed by atoms with Gasteiger partial charge in [0.2, 0.25) is 5.88 Å². The van der Waals surface area contributed by atoms with Crippen LogP contribution < -0.4 is 9.64 Å². The second kappa shape index (κ2) is 6.67. The number of anilines is 1. The van der Waals surface area contributed by atoms with Crippen LogP contribution in [0.15, 0.2) is 12.4 Å². The number of hydrogen-bond donors (Lipinski definition) is 1. The molecule has 126 valence electrons. The van der Waals surface area contributed by atoms with Crippen molar-refractivity contribution in [2.75, 3.05) is 50.9 Å². The summed E-state index contributed by atoms with van der Waals surface area (Å²) < 4.78 is 10.8. The van der Waals surface area contributed by atoms with E-state index in [1.54, 1.807) is 0 Å². The average molecular weight is 322 g/mol. The highest BCUT2D eigenvalue weighted by molar-refractivity contribution is 5.79. The number of aromatic nitrogens is 2. The van der Waals surface area contributed by atoms with Crippen LogP contribution in [-0.4, -0.2) is 77.5 Å². The number of ether oxygens (including phenoxy) is 2. The van der Waals surface area contributed by atoms with Gasteiger partial charge in [-0.1, -0.05) is 0 Å². The van der Waals surface area contributed by atoms with Gasteiger partial charge in [0.1, 0.15) is 17.7 Å². The fraction of sp³-hybridized carbons (Fsp3) is 0.667. The van der Waals surface area contributed by atoms with Crippen LogP contribution in [0.5, 0.6) is 5.88 Å². The van der Waals surface area contributed by atoms with E-state index in [1.165, 1.54) is 6.33 Å². The summed E-state index contributed by atoms with van der Waals surface area (Å²) in [5.41, 5.74) is -0.867. The first kappa shape index (κ1) is 15.9. The van der Waals surface area contributed by atoms with Gasteiger partial charge in [-0.25, -0.2) is 9.97 Å². The summed E-state index contributed by atoms with van der Waals surface area (Å²) in [6.07, 6.45) is 2.04. The number of carboxylic acid groups (broad SMARTS) is 1. The molecule has 1 atom stereocenters. The molecule has 0 spiro atoms. The van der Waals surface area contributed by atoms with Crippen molar-refractivity contribution >= 4 is 11.8 Å². The topological polar surface area (TPSA) is 88.0 Å². The Hall–Kier alpha value is -1.93. The summed E-state index contributed by atoms with van der Waals surface area (Å²) in [4.78, 5) is 24.2. The molecule has 2 fully saturated rings. The Kier molecular flexibility index (Phi) is 4.63.